The Bertz CT molecular complexity index is 690. The fraction of sp³-hybridized carbons (Fsp3) is 0.250. The second-order valence-electron chi connectivity index (χ2n) is 4.93. The van der Waals surface area contributed by atoms with Gasteiger partial charge in [-0.25, -0.2) is 4.39 Å². The van der Waals surface area contributed by atoms with Gasteiger partial charge in [0.05, 0.1) is 25.9 Å². The van der Waals surface area contributed by atoms with Gasteiger partial charge >= 0.3 is 0 Å². The van der Waals surface area contributed by atoms with Crippen LogP contribution in [0, 0.1) is 5.82 Å². The molecule has 0 saturated carbocycles. The predicted octanol–water partition coefficient (Wildman–Crippen LogP) is 4.21. The molecule has 1 atom stereocenters. The van der Waals surface area contributed by atoms with Crippen LogP contribution in [0.15, 0.2) is 30.3 Å². The van der Waals surface area contributed by atoms with E-state index in [0.29, 0.717) is 17.1 Å². The van der Waals surface area contributed by atoms with Crippen molar-refractivity contribution in [2.75, 3.05) is 19.5 Å². The van der Waals surface area contributed by atoms with Crippen LogP contribution in [0.5, 0.6) is 11.5 Å². The first-order valence-corrected chi connectivity index (χ1v) is 6.96. The fourth-order valence-corrected chi connectivity index (χ4v) is 2.92. The van der Waals surface area contributed by atoms with E-state index in [-0.39, 0.29) is 11.9 Å². The molecule has 0 bridgehead atoms. The van der Waals surface area contributed by atoms with Gasteiger partial charge in [0, 0.05) is 10.6 Å². The summed E-state index contributed by atoms with van der Waals surface area (Å²) in [6.45, 7) is 0. The summed E-state index contributed by atoms with van der Waals surface area (Å²) < 4.78 is 24.6. The maximum atomic E-state index is 14.0. The Morgan fingerprint density at radius 1 is 1.19 bits per heavy atom. The Hall–Kier alpha value is -1.94. The summed E-state index contributed by atoms with van der Waals surface area (Å²) in [5.74, 6) is 1.15. The van der Waals surface area contributed by atoms with Crippen LogP contribution < -0.4 is 14.8 Å². The van der Waals surface area contributed by atoms with E-state index in [4.69, 9.17) is 21.1 Å². The zero-order valence-corrected chi connectivity index (χ0v) is 12.5. The number of rotatable bonds is 3. The average Bonchev–Trinajstić information content (AvgIpc) is 2.90. The van der Waals surface area contributed by atoms with Crippen molar-refractivity contribution in [3.63, 3.8) is 0 Å². The number of methoxy groups -OCH3 is 2. The van der Waals surface area contributed by atoms with E-state index in [1.807, 2.05) is 18.2 Å². The second-order valence-corrected chi connectivity index (χ2v) is 5.37. The highest BCUT2D eigenvalue weighted by atomic mass is 35.5. The van der Waals surface area contributed by atoms with E-state index in [1.54, 1.807) is 20.3 Å². The van der Waals surface area contributed by atoms with E-state index >= 15 is 0 Å². The lowest BCUT2D eigenvalue weighted by atomic mass is 10.0. The van der Waals surface area contributed by atoms with Crippen LogP contribution in [-0.4, -0.2) is 14.2 Å². The molecule has 3 nitrogen and oxygen atoms in total. The average molecular weight is 308 g/mol. The number of hydrogen-bond acceptors (Lipinski definition) is 3. The van der Waals surface area contributed by atoms with Crippen molar-refractivity contribution in [1.82, 2.24) is 0 Å². The zero-order valence-electron chi connectivity index (χ0n) is 11.7. The summed E-state index contributed by atoms with van der Waals surface area (Å²) in [5, 5.41) is 3.61. The van der Waals surface area contributed by atoms with Gasteiger partial charge in [-0.1, -0.05) is 11.6 Å². The van der Waals surface area contributed by atoms with Gasteiger partial charge in [-0.15, -0.1) is 0 Å². The topological polar surface area (TPSA) is 30.5 Å². The van der Waals surface area contributed by atoms with Crippen LogP contribution in [0.2, 0.25) is 5.02 Å². The minimum Gasteiger partial charge on any atom is -0.497 e. The molecule has 0 aliphatic carbocycles. The van der Waals surface area contributed by atoms with Crippen LogP contribution in [0.1, 0.15) is 17.2 Å². The molecule has 2 aromatic rings. The third kappa shape index (κ3) is 2.51. The quantitative estimate of drug-likeness (QED) is 0.921. The van der Waals surface area contributed by atoms with Crippen molar-refractivity contribution < 1.29 is 13.9 Å². The van der Waals surface area contributed by atoms with E-state index in [0.717, 1.165) is 22.6 Å². The van der Waals surface area contributed by atoms with E-state index in [9.17, 15) is 4.39 Å². The number of hydrogen-bond donors (Lipinski definition) is 1. The highest BCUT2D eigenvalue weighted by Gasteiger charge is 2.27. The molecule has 0 spiro atoms. The van der Waals surface area contributed by atoms with Crippen molar-refractivity contribution in [2.45, 2.75) is 12.5 Å². The zero-order chi connectivity index (χ0) is 15.0. The van der Waals surface area contributed by atoms with E-state index < -0.39 is 0 Å². The number of ether oxygens (including phenoxy) is 2. The molecule has 110 valence electrons. The SMILES string of the molecule is COc1ccc(OC)c(C2Cc3cc(Cl)cc(F)c3N2)c1. The largest absolute Gasteiger partial charge is 0.497 e. The molecule has 0 aromatic heterocycles. The molecule has 0 amide bonds. The normalized spacial score (nSPS) is 16.3. The van der Waals surface area contributed by atoms with Gasteiger partial charge in [-0.05, 0) is 42.3 Å². The highest BCUT2D eigenvalue weighted by molar-refractivity contribution is 6.30. The maximum Gasteiger partial charge on any atom is 0.148 e. The van der Waals surface area contributed by atoms with Crippen molar-refractivity contribution in [2.24, 2.45) is 0 Å². The minimum absolute atomic E-state index is 0.0713. The monoisotopic (exact) mass is 307 g/mol. The molecule has 1 aliphatic rings. The minimum atomic E-state index is -0.332. The predicted molar refractivity (Wildman–Crippen MR) is 81.0 cm³/mol. The third-order valence-corrected chi connectivity index (χ3v) is 3.91. The standard InChI is InChI=1S/C16H15ClFNO2/c1-20-11-3-4-15(21-2)12(8-11)14-6-9-5-10(17)7-13(18)16(9)19-14/h3-5,7-8,14,19H,6H2,1-2H3. The molecule has 0 saturated heterocycles. The number of anilines is 1. The van der Waals surface area contributed by atoms with Gasteiger partial charge in [0.2, 0.25) is 0 Å². The molecule has 21 heavy (non-hydrogen) atoms. The van der Waals surface area contributed by atoms with E-state index in [2.05, 4.69) is 5.32 Å². The van der Waals surface area contributed by atoms with E-state index in [1.165, 1.54) is 6.07 Å². The summed E-state index contributed by atoms with van der Waals surface area (Å²) in [4.78, 5) is 0. The molecule has 1 N–H and O–H groups in total. The Morgan fingerprint density at radius 2 is 2.00 bits per heavy atom. The van der Waals surface area contributed by atoms with Crippen LogP contribution >= 0.6 is 11.6 Å². The Morgan fingerprint density at radius 3 is 2.71 bits per heavy atom. The molecule has 0 fully saturated rings. The van der Waals surface area contributed by atoms with Gasteiger partial charge in [0.25, 0.3) is 0 Å². The van der Waals surface area contributed by atoms with Crippen LogP contribution in [0.3, 0.4) is 0 Å². The van der Waals surface area contributed by atoms with Gasteiger partial charge in [-0.2, -0.15) is 0 Å². The second kappa shape index (κ2) is 5.45. The highest BCUT2D eigenvalue weighted by Crippen LogP contribution is 2.41. The van der Waals surface area contributed by atoms with Crippen molar-refractivity contribution in [3.8, 4) is 11.5 Å². The molecular formula is C16H15ClFNO2. The first kappa shape index (κ1) is 14.0. The molecule has 3 rings (SSSR count). The number of benzene rings is 2. The summed E-state index contributed by atoms with van der Waals surface area (Å²) in [6.07, 6.45) is 0.649. The molecule has 0 radical (unpaired) electrons. The number of halogens is 2. The third-order valence-electron chi connectivity index (χ3n) is 3.69. The lowest BCUT2D eigenvalue weighted by molar-refractivity contribution is 0.396. The summed E-state index contributed by atoms with van der Waals surface area (Å²) in [7, 11) is 3.23. The smallest absolute Gasteiger partial charge is 0.148 e. The summed E-state index contributed by atoms with van der Waals surface area (Å²) in [6, 6.07) is 8.63. The molecule has 1 aliphatic heterocycles. The van der Waals surface area contributed by atoms with Crippen molar-refractivity contribution in [3.05, 3.63) is 52.3 Å². The van der Waals surface area contributed by atoms with Gasteiger partial charge in [-0.3, -0.25) is 0 Å². The first-order chi connectivity index (χ1) is 10.1. The number of nitrogens with one attached hydrogen (secondary N) is 1. The van der Waals surface area contributed by atoms with Gasteiger partial charge in [0.15, 0.2) is 0 Å². The fourth-order valence-electron chi connectivity index (χ4n) is 2.69. The molecule has 1 heterocycles. The summed E-state index contributed by atoms with van der Waals surface area (Å²) in [5.41, 5.74) is 2.31. The van der Waals surface area contributed by atoms with Gasteiger partial charge < -0.3 is 14.8 Å². The van der Waals surface area contributed by atoms with Crippen molar-refractivity contribution >= 4 is 17.3 Å². The Kier molecular flexibility index (Phi) is 3.64. The lowest BCUT2D eigenvalue weighted by Crippen LogP contribution is -2.08. The van der Waals surface area contributed by atoms with Gasteiger partial charge in [0.1, 0.15) is 17.3 Å². The van der Waals surface area contributed by atoms with Crippen LogP contribution in [0.25, 0.3) is 0 Å². The Labute approximate surface area is 127 Å². The summed E-state index contributed by atoms with van der Waals surface area (Å²) >= 11 is 5.92. The van der Waals surface area contributed by atoms with Crippen LogP contribution in [0.4, 0.5) is 10.1 Å². The molecule has 5 heteroatoms. The molecular weight excluding hydrogens is 293 g/mol. The molecule has 1 unspecified atom stereocenters. The number of fused-ring (bicyclic) bond motifs is 1. The maximum absolute atomic E-state index is 14.0. The first-order valence-electron chi connectivity index (χ1n) is 6.58. The van der Waals surface area contributed by atoms with Crippen LogP contribution in [-0.2, 0) is 6.42 Å². The van der Waals surface area contributed by atoms with Crippen molar-refractivity contribution in [1.29, 1.82) is 0 Å². The molecule has 2 aromatic carbocycles. The lowest BCUT2D eigenvalue weighted by Gasteiger charge is -2.17. The Balaban J connectivity index is 1.99.